The Balaban J connectivity index is 0.847. The second-order valence-corrected chi connectivity index (χ2v) is 23.6. The lowest BCUT2D eigenvalue weighted by molar-refractivity contribution is -0.136. The Hall–Kier alpha value is -7.24. The van der Waals surface area contributed by atoms with Gasteiger partial charge in [-0.05, 0) is 148 Å². The number of benzene rings is 4. The number of nitrogens with zero attached hydrogens (tertiary/aromatic N) is 6. The fourth-order valence-electron chi connectivity index (χ4n) is 14.9. The number of aromatic nitrogens is 4. The zero-order valence-corrected chi connectivity index (χ0v) is 46.6. The van der Waals surface area contributed by atoms with Crippen LogP contribution >= 0.6 is 0 Å². The largest absolute Gasteiger partial charge is 0.453 e. The van der Waals surface area contributed by atoms with Gasteiger partial charge in [0, 0.05) is 31.9 Å². The number of piperidine rings is 1. The van der Waals surface area contributed by atoms with Crippen LogP contribution in [0.5, 0.6) is 0 Å². The molecule has 81 heavy (non-hydrogen) atoms. The zero-order chi connectivity index (χ0) is 55.7. The number of imidazole rings is 2. The molecule has 6 aliphatic rings. The van der Waals surface area contributed by atoms with Crippen LogP contribution in [0.4, 0.5) is 29.7 Å². The maximum atomic E-state index is 16.9. The summed E-state index contributed by atoms with van der Waals surface area (Å²) in [5.41, 5.74) is 6.66. The average Bonchev–Trinajstić information content (AvgIpc) is 4.40. The number of halogens is 2. The number of fused-ring (bicyclic) bond motifs is 2. The molecule has 4 aromatic carbocycles. The van der Waals surface area contributed by atoms with E-state index in [0.29, 0.717) is 62.3 Å². The third kappa shape index (κ3) is 11.0. The molecule has 4 amide bonds. The standard InChI is InChI=1S/C63H76F2N10O6/c1-80-62(78)70-55(40-16-8-4-9-17-40)60(76)73-30-12-20-53(73)58-66-47-24-22-42(34-49(47)68-58)51-26-27-52(75(51)44-36-45(64)57(46(65)37-44)72-32-28-39(29-33-72)38-14-6-3-7-15-38)43-23-25-48-50(35-43)69-59(67-48)54-21-13-31-74(54)61(77)56(71-63(79)81-2)41-18-10-5-11-19-41/h3,6-7,14-15,22-25,34-37,39-41,51-56H,4-5,8-13,16-21,26-33H2,1-2H3,(H,66,68)(H,67,69)(H,70,78)(H,71,79)/t51-,52-,53+,54+,55+,56+/m1/s1. The summed E-state index contributed by atoms with van der Waals surface area (Å²) in [5.74, 6) is 0.323. The highest BCUT2D eigenvalue weighted by molar-refractivity contribution is 5.88. The van der Waals surface area contributed by atoms with Gasteiger partial charge in [0.1, 0.15) is 29.4 Å². The molecule has 0 unspecified atom stereocenters. The van der Waals surface area contributed by atoms with E-state index in [-0.39, 0.29) is 53.5 Å². The summed E-state index contributed by atoms with van der Waals surface area (Å²) in [6.45, 7) is 2.18. The van der Waals surface area contributed by atoms with Crippen LogP contribution in [0.15, 0.2) is 78.9 Å². The first-order valence-electron chi connectivity index (χ1n) is 29.9. The van der Waals surface area contributed by atoms with Crippen molar-refractivity contribution in [3.8, 4) is 0 Å². The van der Waals surface area contributed by atoms with Gasteiger partial charge in [-0.3, -0.25) is 9.59 Å². The number of hydrogen-bond donors (Lipinski definition) is 4. The molecule has 18 heteroatoms. The van der Waals surface area contributed by atoms with Gasteiger partial charge < -0.3 is 49.7 Å². The maximum Gasteiger partial charge on any atom is 0.407 e. The number of carbonyl (C=O) groups excluding carboxylic acids is 4. The molecule has 6 fully saturated rings. The number of anilines is 2. The van der Waals surface area contributed by atoms with Crippen molar-refractivity contribution in [2.75, 3.05) is 50.2 Å². The molecule has 2 aromatic heterocycles. The molecule has 428 valence electrons. The highest BCUT2D eigenvalue weighted by Gasteiger charge is 2.43. The van der Waals surface area contributed by atoms with Gasteiger partial charge in [-0.25, -0.2) is 28.3 Å². The number of amides is 4. The molecule has 4 saturated heterocycles. The summed E-state index contributed by atoms with van der Waals surface area (Å²) in [4.78, 5) is 79.3. The number of methoxy groups -OCH3 is 2. The van der Waals surface area contributed by atoms with Crippen molar-refractivity contribution in [3.63, 3.8) is 0 Å². The van der Waals surface area contributed by atoms with E-state index in [1.165, 1.54) is 31.9 Å². The number of likely N-dealkylation sites (tertiary alicyclic amines) is 2. The lowest BCUT2D eigenvalue weighted by Gasteiger charge is -2.36. The van der Waals surface area contributed by atoms with E-state index in [2.05, 4.69) is 61.9 Å². The predicted molar refractivity (Wildman–Crippen MR) is 306 cm³/mol. The first kappa shape index (κ1) is 54.4. The van der Waals surface area contributed by atoms with E-state index in [1.54, 1.807) is 0 Å². The predicted octanol–water partition coefficient (Wildman–Crippen LogP) is 12.1. The minimum Gasteiger partial charge on any atom is -0.453 e. The number of aromatic amines is 2. The van der Waals surface area contributed by atoms with Crippen molar-refractivity contribution < 1.29 is 37.4 Å². The van der Waals surface area contributed by atoms with Gasteiger partial charge in [0.25, 0.3) is 0 Å². The summed E-state index contributed by atoms with van der Waals surface area (Å²) in [5, 5.41) is 5.79. The lowest BCUT2D eigenvalue weighted by Crippen LogP contribution is -2.52. The minimum absolute atomic E-state index is 0.00431. The summed E-state index contributed by atoms with van der Waals surface area (Å²) >= 11 is 0. The fraction of sp³-hybridized carbons (Fsp3) is 0.524. The van der Waals surface area contributed by atoms with Crippen LogP contribution in [0.3, 0.4) is 0 Å². The summed E-state index contributed by atoms with van der Waals surface area (Å²) in [6, 6.07) is 23.1. The fourth-order valence-corrected chi connectivity index (χ4v) is 14.9. The topological polar surface area (TPSA) is 181 Å². The minimum atomic E-state index is -0.683. The van der Waals surface area contributed by atoms with Gasteiger partial charge in [0.15, 0.2) is 11.6 Å². The first-order chi connectivity index (χ1) is 39.5. The average molecular weight is 1110 g/mol. The molecule has 2 saturated carbocycles. The Kier molecular flexibility index (Phi) is 15.9. The number of H-pyrrole nitrogens is 2. The zero-order valence-electron chi connectivity index (χ0n) is 46.6. The van der Waals surface area contributed by atoms with Crippen molar-refractivity contribution in [1.29, 1.82) is 0 Å². The molecule has 0 spiro atoms. The van der Waals surface area contributed by atoms with Crippen molar-refractivity contribution in [3.05, 3.63) is 119 Å². The Morgan fingerprint density at radius 3 is 1.46 bits per heavy atom. The van der Waals surface area contributed by atoms with E-state index in [9.17, 15) is 19.2 Å². The van der Waals surface area contributed by atoms with Crippen molar-refractivity contribution in [2.45, 2.75) is 158 Å². The summed E-state index contributed by atoms with van der Waals surface area (Å²) < 4.78 is 43.9. The quantitative estimate of drug-likeness (QED) is 0.0869. The van der Waals surface area contributed by atoms with Gasteiger partial charge in [-0.1, -0.05) is 81.0 Å². The molecular formula is C63H76F2N10O6. The van der Waals surface area contributed by atoms with Gasteiger partial charge in [0.05, 0.1) is 60.5 Å². The highest BCUT2D eigenvalue weighted by Crippen LogP contribution is 2.49. The Bertz CT molecular complexity index is 3060. The molecule has 6 atom stereocenters. The number of ether oxygens (including phenoxy) is 2. The second-order valence-electron chi connectivity index (χ2n) is 23.6. The van der Waals surface area contributed by atoms with Crippen LogP contribution in [0, 0.1) is 23.5 Å². The van der Waals surface area contributed by atoms with E-state index >= 15 is 8.78 Å². The van der Waals surface area contributed by atoms with Crippen molar-refractivity contribution >= 4 is 57.4 Å². The van der Waals surface area contributed by atoms with Gasteiger partial charge >= 0.3 is 12.2 Å². The van der Waals surface area contributed by atoms with E-state index in [0.717, 1.165) is 136 Å². The monoisotopic (exact) mass is 1110 g/mol. The molecule has 6 aromatic rings. The third-order valence-corrected chi connectivity index (χ3v) is 19.0. The Morgan fingerprint density at radius 1 is 0.531 bits per heavy atom. The normalized spacial score (nSPS) is 23.1. The van der Waals surface area contributed by atoms with Crippen LogP contribution in [0.1, 0.15) is 174 Å². The van der Waals surface area contributed by atoms with E-state index in [4.69, 9.17) is 19.4 Å². The van der Waals surface area contributed by atoms with Crippen LogP contribution in [0.2, 0.25) is 0 Å². The number of nitrogens with one attached hydrogen (secondary N) is 4. The Morgan fingerprint density at radius 2 is 1.00 bits per heavy atom. The van der Waals surface area contributed by atoms with Gasteiger partial charge in [0.2, 0.25) is 11.8 Å². The molecule has 2 aliphatic carbocycles. The van der Waals surface area contributed by atoms with Gasteiger partial charge in [-0.2, -0.15) is 0 Å². The molecular weight excluding hydrogens is 1030 g/mol. The van der Waals surface area contributed by atoms with Crippen molar-refractivity contribution in [1.82, 2.24) is 40.4 Å². The molecule has 6 heterocycles. The number of alkyl carbamates (subject to hydrolysis) is 2. The van der Waals surface area contributed by atoms with E-state index in [1.807, 2.05) is 45.0 Å². The third-order valence-electron chi connectivity index (χ3n) is 19.0. The first-order valence-corrected chi connectivity index (χ1v) is 29.9. The van der Waals surface area contributed by atoms with Crippen LogP contribution in [0.25, 0.3) is 22.1 Å². The smallest absolute Gasteiger partial charge is 0.407 e. The molecule has 0 radical (unpaired) electrons. The second kappa shape index (κ2) is 23.7. The molecule has 16 nitrogen and oxygen atoms in total. The number of carbonyl (C=O) groups is 4. The van der Waals surface area contributed by atoms with E-state index < -0.39 is 35.9 Å². The SMILES string of the molecule is COC(=O)N[C@H](C(=O)N1CCC[C@H]1c1nc2cc([C@H]3CC[C@H](c4ccc5[nH]c([C@@H]6CCCN6C(=O)[C@@H](NC(=O)OC)C6CCCCC6)nc5c4)N3c3cc(F)c(N4CCC(c5ccccc5)CC4)c(F)c3)ccc2[nH]1)C1CCCCC1. The molecule has 4 aliphatic heterocycles. The summed E-state index contributed by atoms with van der Waals surface area (Å²) in [6.07, 6.45) is 14.5. The lowest BCUT2D eigenvalue weighted by atomic mass is 9.83. The van der Waals surface area contributed by atoms with Crippen LogP contribution in [-0.2, 0) is 19.1 Å². The van der Waals surface area contributed by atoms with Crippen molar-refractivity contribution in [2.24, 2.45) is 11.8 Å². The van der Waals surface area contributed by atoms with Crippen LogP contribution < -0.4 is 20.4 Å². The Labute approximate surface area is 472 Å². The maximum absolute atomic E-state index is 16.9. The molecule has 4 N–H and O–H groups in total. The molecule has 12 rings (SSSR count). The number of rotatable bonds is 13. The highest BCUT2D eigenvalue weighted by atomic mass is 19.1. The number of hydrogen-bond acceptors (Lipinski definition) is 10. The summed E-state index contributed by atoms with van der Waals surface area (Å²) in [7, 11) is 2.64. The van der Waals surface area contributed by atoms with Crippen LogP contribution in [-0.4, -0.2) is 106 Å². The molecule has 0 bridgehead atoms. The van der Waals surface area contributed by atoms with Gasteiger partial charge in [-0.15, -0.1) is 0 Å².